The van der Waals surface area contributed by atoms with Crippen molar-refractivity contribution in [1.82, 2.24) is 9.80 Å². The molecule has 2 amide bonds. The number of hydrogen-bond donors (Lipinski definition) is 0. The van der Waals surface area contributed by atoms with E-state index >= 15 is 0 Å². The van der Waals surface area contributed by atoms with Gasteiger partial charge in [-0.05, 0) is 23.8 Å². The lowest BCUT2D eigenvalue weighted by molar-refractivity contribution is -0.137. The highest BCUT2D eigenvalue weighted by atomic mass is 19.1. The minimum Gasteiger partial charge on any atom is -0.342 e. The van der Waals surface area contributed by atoms with Gasteiger partial charge in [0.25, 0.3) is 5.91 Å². The van der Waals surface area contributed by atoms with Gasteiger partial charge in [0.1, 0.15) is 5.82 Å². The standard InChI is InChI=1S/C15H17FN2O2/c1-2-14(19)17-6-10(7-17)8-18-9-11-5-12(16)3-4-13(11)15(18)20/h3-5,10H,2,6-9H2,1H3. The maximum atomic E-state index is 13.2. The second-order valence-corrected chi connectivity index (χ2v) is 5.51. The van der Waals surface area contributed by atoms with Gasteiger partial charge < -0.3 is 9.80 Å². The number of carbonyl (C=O) groups excluding carboxylic acids is 2. The summed E-state index contributed by atoms with van der Waals surface area (Å²) in [6.07, 6.45) is 0.528. The van der Waals surface area contributed by atoms with Crippen LogP contribution in [0.3, 0.4) is 0 Å². The first-order valence-electron chi connectivity index (χ1n) is 6.94. The zero-order chi connectivity index (χ0) is 14.3. The van der Waals surface area contributed by atoms with E-state index in [1.165, 1.54) is 12.1 Å². The van der Waals surface area contributed by atoms with Gasteiger partial charge >= 0.3 is 0 Å². The van der Waals surface area contributed by atoms with Crippen molar-refractivity contribution in [3.8, 4) is 0 Å². The average molecular weight is 276 g/mol. The van der Waals surface area contributed by atoms with Crippen molar-refractivity contribution in [2.24, 2.45) is 5.92 Å². The van der Waals surface area contributed by atoms with Gasteiger partial charge in [-0.3, -0.25) is 9.59 Å². The molecular weight excluding hydrogens is 259 g/mol. The lowest BCUT2D eigenvalue weighted by Crippen LogP contribution is -2.53. The summed E-state index contributed by atoms with van der Waals surface area (Å²) in [6, 6.07) is 4.31. The molecule has 106 valence electrons. The summed E-state index contributed by atoms with van der Waals surface area (Å²) < 4.78 is 13.2. The number of carbonyl (C=O) groups is 2. The molecule has 2 heterocycles. The Bertz CT molecular complexity index is 567. The molecule has 2 aliphatic rings. The fourth-order valence-corrected chi connectivity index (χ4v) is 2.92. The summed E-state index contributed by atoms with van der Waals surface area (Å²) in [5, 5.41) is 0. The first-order chi connectivity index (χ1) is 9.58. The molecule has 0 aromatic heterocycles. The van der Waals surface area contributed by atoms with E-state index < -0.39 is 0 Å². The molecule has 0 saturated carbocycles. The maximum absolute atomic E-state index is 13.2. The lowest BCUT2D eigenvalue weighted by atomic mass is 9.99. The fourth-order valence-electron chi connectivity index (χ4n) is 2.92. The van der Waals surface area contributed by atoms with Gasteiger partial charge in [-0.25, -0.2) is 4.39 Å². The van der Waals surface area contributed by atoms with E-state index in [4.69, 9.17) is 0 Å². The Morgan fingerprint density at radius 2 is 2.15 bits per heavy atom. The third kappa shape index (κ3) is 2.17. The van der Waals surface area contributed by atoms with Crippen LogP contribution in [0.25, 0.3) is 0 Å². The van der Waals surface area contributed by atoms with E-state index in [0.717, 1.165) is 18.7 Å². The molecule has 0 atom stereocenters. The highest BCUT2D eigenvalue weighted by Gasteiger charge is 2.35. The molecule has 0 unspecified atom stereocenters. The highest BCUT2D eigenvalue weighted by molar-refractivity contribution is 5.98. The number of halogens is 1. The maximum Gasteiger partial charge on any atom is 0.254 e. The molecule has 0 radical (unpaired) electrons. The van der Waals surface area contributed by atoms with Crippen LogP contribution < -0.4 is 0 Å². The second kappa shape index (κ2) is 4.89. The summed E-state index contributed by atoms with van der Waals surface area (Å²) >= 11 is 0. The van der Waals surface area contributed by atoms with Crippen LogP contribution in [0.2, 0.25) is 0 Å². The molecule has 20 heavy (non-hydrogen) atoms. The van der Waals surface area contributed by atoms with Crippen molar-refractivity contribution in [1.29, 1.82) is 0 Å². The normalized spacial score (nSPS) is 18.2. The first kappa shape index (κ1) is 13.1. The Labute approximate surface area is 117 Å². The van der Waals surface area contributed by atoms with Crippen LogP contribution in [0.4, 0.5) is 4.39 Å². The average Bonchev–Trinajstić information content (AvgIpc) is 2.68. The number of amides is 2. The van der Waals surface area contributed by atoms with Crippen LogP contribution in [-0.4, -0.2) is 41.2 Å². The van der Waals surface area contributed by atoms with Crippen molar-refractivity contribution in [2.75, 3.05) is 19.6 Å². The molecule has 0 spiro atoms. The molecule has 0 N–H and O–H groups in total. The van der Waals surface area contributed by atoms with Crippen LogP contribution in [-0.2, 0) is 11.3 Å². The molecule has 0 bridgehead atoms. The monoisotopic (exact) mass is 276 g/mol. The van der Waals surface area contributed by atoms with Crippen molar-refractivity contribution in [3.63, 3.8) is 0 Å². The van der Waals surface area contributed by atoms with Gasteiger partial charge in [-0.2, -0.15) is 0 Å². The zero-order valence-corrected chi connectivity index (χ0v) is 11.4. The smallest absolute Gasteiger partial charge is 0.254 e. The van der Waals surface area contributed by atoms with Crippen LogP contribution in [0.15, 0.2) is 18.2 Å². The highest BCUT2D eigenvalue weighted by Crippen LogP contribution is 2.26. The van der Waals surface area contributed by atoms with E-state index in [1.54, 1.807) is 11.0 Å². The lowest BCUT2D eigenvalue weighted by Gasteiger charge is -2.40. The Kier molecular flexibility index (Phi) is 3.20. The number of benzene rings is 1. The largest absolute Gasteiger partial charge is 0.342 e. The summed E-state index contributed by atoms with van der Waals surface area (Å²) in [5.74, 6) is 0.176. The third-order valence-electron chi connectivity index (χ3n) is 4.04. The molecule has 1 fully saturated rings. The fraction of sp³-hybridized carbons (Fsp3) is 0.467. The summed E-state index contributed by atoms with van der Waals surface area (Å²) in [7, 11) is 0. The van der Waals surface area contributed by atoms with Crippen LogP contribution in [0, 0.1) is 11.7 Å². The second-order valence-electron chi connectivity index (χ2n) is 5.51. The Balaban J connectivity index is 1.59. The predicted molar refractivity (Wildman–Crippen MR) is 71.5 cm³/mol. The molecule has 1 aromatic carbocycles. The SMILES string of the molecule is CCC(=O)N1CC(CN2Cc3cc(F)ccc3C2=O)C1. The Morgan fingerprint density at radius 3 is 2.85 bits per heavy atom. The van der Waals surface area contributed by atoms with Gasteiger partial charge in [0.15, 0.2) is 0 Å². The van der Waals surface area contributed by atoms with Gasteiger partial charge in [-0.1, -0.05) is 6.92 Å². The van der Waals surface area contributed by atoms with Crippen LogP contribution in [0.1, 0.15) is 29.3 Å². The molecule has 5 heteroatoms. The van der Waals surface area contributed by atoms with Crippen molar-refractivity contribution in [2.45, 2.75) is 19.9 Å². The van der Waals surface area contributed by atoms with Crippen molar-refractivity contribution in [3.05, 3.63) is 35.1 Å². The van der Waals surface area contributed by atoms with Crippen molar-refractivity contribution >= 4 is 11.8 Å². The van der Waals surface area contributed by atoms with E-state index in [1.807, 2.05) is 11.8 Å². The number of nitrogens with zero attached hydrogens (tertiary/aromatic N) is 2. The first-order valence-corrected chi connectivity index (χ1v) is 6.94. The van der Waals surface area contributed by atoms with Gasteiger partial charge in [0.2, 0.25) is 5.91 Å². The molecule has 1 saturated heterocycles. The van der Waals surface area contributed by atoms with Gasteiger partial charge in [0.05, 0.1) is 0 Å². The van der Waals surface area contributed by atoms with E-state index in [9.17, 15) is 14.0 Å². The number of fused-ring (bicyclic) bond motifs is 1. The molecule has 3 rings (SSSR count). The minimum atomic E-state index is -0.304. The minimum absolute atomic E-state index is 0.0275. The van der Waals surface area contributed by atoms with Crippen molar-refractivity contribution < 1.29 is 14.0 Å². The quantitative estimate of drug-likeness (QED) is 0.842. The third-order valence-corrected chi connectivity index (χ3v) is 4.04. The summed E-state index contributed by atoms with van der Waals surface area (Å²) in [5.41, 5.74) is 1.36. The van der Waals surface area contributed by atoms with E-state index in [0.29, 0.717) is 31.0 Å². The predicted octanol–water partition coefficient (Wildman–Crippen LogP) is 1.65. The Hall–Kier alpha value is -1.91. The zero-order valence-electron chi connectivity index (χ0n) is 11.4. The molecule has 4 nitrogen and oxygen atoms in total. The molecule has 1 aromatic rings. The van der Waals surface area contributed by atoms with E-state index in [-0.39, 0.29) is 17.6 Å². The summed E-state index contributed by atoms with van der Waals surface area (Å²) in [4.78, 5) is 27.2. The number of rotatable bonds is 3. The van der Waals surface area contributed by atoms with Gasteiger partial charge in [-0.15, -0.1) is 0 Å². The van der Waals surface area contributed by atoms with Gasteiger partial charge in [0, 0.05) is 44.1 Å². The number of likely N-dealkylation sites (tertiary alicyclic amines) is 1. The number of hydrogen-bond acceptors (Lipinski definition) is 2. The molecule has 2 aliphatic heterocycles. The van der Waals surface area contributed by atoms with E-state index in [2.05, 4.69) is 0 Å². The molecule has 0 aliphatic carbocycles. The topological polar surface area (TPSA) is 40.6 Å². The molecular formula is C15H17FN2O2. The van der Waals surface area contributed by atoms with Crippen LogP contribution >= 0.6 is 0 Å². The Morgan fingerprint density at radius 1 is 1.40 bits per heavy atom. The van der Waals surface area contributed by atoms with Crippen LogP contribution in [0.5, 0.6) is 0 Å². The summed E-state index contributed by atoms with van der Waals surface area (Å²) in [6.45, 7) is 4.42.